The van der Waals surface area contributed by atoms with Crippen molar-refractivity contribution in [2.45, 2.75) is 18.7 Å². The lowest BCUT2D eigenvalue weighted by atomic mass is 10.2. The molecular weight excluding hydrogens is 374 g/mol. The molecule has 0 aliphatic heterocycles. The highest BCUT2D eigenvalue weighted by Gasteiger charge is 2.20. The molecule has 0 unspecified atom stereocenters. The second-order valence-corrected chi connectivity index (χ2v) is 7.98. The highest BCUT2D eigenvalue weighted by atomic mass is 32.2. The predicted octanol–water partition coefficient (Wildman–Crippen LogP) is 4.84. The number of sulfonamides is 1. The smallest absolute Gasteiger partial charge is 0.267 e. The summed E-state index contributed by atoms with van der Waals surface area (Å²) in [6.07, 6.45) is 0. The van der Waals surface area contributed by atoms with Crippen LogP contribution in [0.4, 0.5) is 11.4 Å². The van der Waals surface area contributed by atoms with Crippen molar-refractivity contribution >= 4 is 27.3 Å². The van der Waals surface area contributed by atoms with Crippen molar-refractivity contribution in [2.75, 3.05) is 0 Å². The Morgan fingerprint density at radius 2 is 1.36 bits per heavy atom. The molecule has 0 aliphatic rings. The van der Waals surface area contributed by atoms with E-state index in [2.05, 4.69) is 15.0 Å². The van der Waals surface area contributed by atoms with Gasteiger partial charge in [-0.15, -0.1) is 5.11 Å². The Kier molecular flexibility index (Phi) is 5.65. The maximum absolute atomic E-state index is 12.6. The van der Waals surface area contributed by atoms with Crippen molar-refractivity contribution in [1.29, 1.82) is 0 Å². The molecule has 0 aromatic heterocycles. The third-order valence-electron chi connectivity index (χ3n) is 4.01. The summed E-state index contributed by atoms with van der Waals surface area (Å²) in [4.78, 5) is 12.6. The number of nitrogens with zero attached hydrogens (tertiary/aromatic N) is 2. The van der Waals surface area contributed by atoms with E-state index in [0.29, 0.717) is 5.69 Å². The molecule has 0 saturated heterocycles. The average Bonchev–Trinajstić information content (AvgIpc) is 2.68. The van der Waals surface area contributed by atoms with E-state index in [1.54, 1.807) is 30.3 Å². The van der Waals surface area contributed by atoms with Crippen LogP contribution in [-0.4, -0.2) is 14.3 Å². The van der Waals surface area contributed by atoms with Crippen LogP contribution in [0.25, 0.3) is 0 Å². The van der Waals surface area contributed by atoms with Crippen LogP contribution >= 0.6 is 0 Å². The number of aryl methyl sites for hydroxylation is 2. The Labute approximate surface area is 164 Å². The molecule has 3 aromatic carbocycles. The van der Waals surface area contributed by atoms with Gasteiger partial charge in [-0.25, -0.2) is 13.1 Å². The summed E-state index contributed by atoms with van der Waals surface area (Å²) >= 11 is 0. The van der Waals surface area contributed by atoms with E-state index in [0.717, 1.165) is 11.1 Å². The lowest BCUT2D eigenvalue weighted by Crippen LogP contribution is -2.30. The third-order valence-corrected chi connectivity index (χ3v) is 5.36. The van der Waals surface area contributed by atoms with Gasteiger partial charge in [-0.3, -0.25) is 4.79 Å². The van der Waals surface area contributed by atoms with Crippen LogP contribution in [-0.2, 0) is 10.0 Å². The number of carbonyl (C=O) groups excluding carboxylic acids is 1. The highest BCUT2D eigenvalue weighted by molar-refractivity contribution is 7.90. The van der Waals surface area contributed by atoms with Crippen LogP contribution in [0.5, 0.6) is 0 Å². The van der Waals surface area contributed by atoms with E-state index in [9.17, 15) is 13.2 Å². The number of nitrogens with one attached hydrogen (secondary N) is 1. The lowest BCUT2D eigenvalue weighted by molar-refractivity contribution is 0.0982. The topological polar surface area (TPSA) is 88.0 Å². The average molecular weight is 393 g/mol. The molecule has 28 heavy (non-hydrogen) atoms. The number of rotatable bonds is 5. The number of carbonyl (C=O) groups is 1. The fraction of sp³-hybridized carbons (Fsp3) is 0.0952. The summed E-state index contributed by atoms with van der Waals surface area (Å²) in [6, 6.07) is 20.1. The van der Waals surface area contributed by atoms with E-state index in [-0.39, 0.29) is 16.1 Å². The number of hydrogen-bond acceptors (Lipinski definition) is 5. The zero-order chi connectivity index (χ0) is 20.1. The van der Waals surface area contributed by atoms with Gasteiger partial charge in [0.15, 0.2) is 0 Å². The Bertz CT molecular complexity index is 1120. The molecule has 0 atom stereocenters. The second kappa shape index (κ2) is 8.14. The summed E-state index contributed by atoms with van der Waals surface area (Å²) in [5.74, 6) is -0.765. The van der Waals surface area contributed by atoms with Gasteiger partial charge < -0.3 is 0 Å². The van der Waals surface area contributed by atoms with Gasteiger partial charge >= 0.3 is 0 Å². The zero-order valence-electron chi connectivity index (χ0n) is 15.5. The van der Waals surface area contributed by atoms with E-state index >= 15 is 0 Å². The first kappa shape index (κ1) is 19.4. The summed E-state index contributed by atoms with van der Waals surface area (Å²) in [5, 5.41) is 8.23. The van der Waals surface area contributed by atoms with Gasteiger partial charge in [0.2, 0.25) is 0 Å². The number of benzene rings is 3. The number of hydrogen-bond donors (Lipinski definition) is 1. The van der Waals surface area contributed by atoms with Gasteiger partial charge in [-0.2, -0.15) is 5.11 Å². The fourth-order valence-corrected chi connectivity index (χ4v) is 3.40. The zero-order valence-corrected chi connectivity index (χ0v) is 16.3. The van der Waals surface area contributed by atoms with Crippen molar-refractivity contribution in [3.63, 3.8) is 0 Å². The molecule has 0 spiro atoms. The van der Waals surface area contributed by atoms with Gasteiger partial charge in [0, 0.05) is 0 Å². The minimum Gasteiger partial charge on any atom is -0.268 e. The van der Waals surface area contributed by atoms with E-state index in [1.807, 2.05) is 38.1 Å². The molecule has 3 rings (SSSR count). The maximum Gasteiger partial charge on any atom is 0.267 e. The van der Waals surface area contributed by atoms with E-state index in [4.69, 9.17) is 0 Å². The molecule has 1 amide bonds. The number of amides is 1. The van der Waals surface area contributed by atoms with Gasteiger partial charge in [0.1, 0.15) is 0 Å². The summed E-state index contributed by atoms with van der Waals surface area (Å²) in [7, 11) is -3.98. The fourth-order valence-electron chi connectivity index (χ4n) is 2.43. The molecule has 1 N–H and O–H groups in total. The largest absolute Gasteiger partial charge is 0.268 e. The second-order valence-electron chi connectivity index (χ2n) is 6.30. The van der Waals surface area contributed by atoms with Crippen molar-refractivity contribution in [1.82, 2.24) is 4.72 Å². The first-order chi connectivity index (χ1) is 13.3. The monoisotopic (exact) mass is 393 g/mol. The van der Waals surface area contributed by atoms with Crippen LogP contribution in [0.1, 0.15) is 21.5 Å². The Hall–Kier alpha value is -3.32. The minimum atomic E-state index is -3.98. The molecule has 142 valence electrons. The van der Waals surface area contributed by atoms with Crippen LogP contribution in [0.15, 0.2) is 87.9 Å². The van der Waals surface area contributed by atoms with Gasteiger partial charge in [-0.05, 0) is 50.2 Å². The quantitative estimate of drug-likeness (QED) is 0.629. The standard InChI is InChI=1S/C21H19N3O3S/c1-15-7-11-17(12-8-15)22-23-20-6-4-3-5-19(20)21(25)24-28(26,27)18-13-9-16(2)10-14-18/h3-14H,1-2H3,(H,24,25). The molecule has 6 nitrogen and oxygen atoms in total. The van der Waals surface area contributed by atoms with Crippen LogP contribution in [0.3, 0.4) is 0 Å². The minimum absolute atomic E-state index is 0.0187. The molecule has 0 heterocycles. The van der Waals surface area contributed by atoms with Gasteiger partial charge in [0.25, 0.3) is 15.9 Å². The summed E-state index contributed by atoms with van der Waals surface area (Å²) in [5.41, 5.74) is 3.05. The maximum atomic E-state index is 12.6. The molecule has 0 radical (unpaired) electrons. The normalized spacial score (nSPS) is 11.5. The highest BCUT2D eigenvalue weighted by Crippen LogP contribution is 2.23. The molecule has 0 fully saturated rings. The lowest BCUT2D eigenvalue weighted by Gasteiger charge is -2.08. The van der Waals surface area contributed by atoms with E-state index < -0.39 is 15.9 Å². The number of azo groups is 1. The van der Waals surface area contributed by atoms with Gasteiger partial charge in [-0.1, -0.05) is 47.5 Å². The van der Waals surface area contributed by atoms with Crippen molar-refractivity contribution in [3.8, 4) is 0 Å². The molecule has 0 bridgehead atoms. The Morgan fingerprint density at radius 1 is 0.786 bits per heavy atom. The van der Waals surface area contributed by atoms with Gasteiger partial charge in [0.05, 0.1) is 21.8 Å². The summed E-state index contributed by atoms with van der Waals surface area (Å²) in [6.45, 7) is 3.82. The molecule has 0 saturated carbocycles. The van der Waals surface area contributed by atoms with Crippen molar-refractivity contribution in [3.05, 3.63) is 89.5 Å². The molecule has 3 aromatic rings. The van der Waals surface area contributed by atoms with Crippen LogP contribution in [0.2, 0.25) is 0 Å². The molecule has 7 heteroatoms. The first-order valence-corrected chi connectivity index (χ1v) is 10.0. The Balaban J connectivity index is 1.84. The van der Waals surface area contributed by atoms with Crippen LogP contribution < -0.4 is 4.72 Å². The SMILES string of the molecule is Cc1ccc(N=Nc2ccccc2C(=O)NS(=O)(=O)c2ccc(C)cc2)cc1. The van der Waals surface area contributed by atoms with Crippen molar-refractivity contribution in [2.24, 2.45) is 10.2 Å². The predicted molar refractivity (Wildman–Crippen MR) is 108 cm³/mol. The van der Waals surface area contributed by atoms with Crippen molar-refractivity contribution < 1.29 is 13.2 Å². The first-order valence-electron chi connectivity index (χ1n) is 8.56. The van der Waals surface area contributed by atoms with E-state index in [1.165, 1.54) is 18.2 Å². The summed E-state index contributed by atoms with van der Waals surface area (Å²) < 4.78 is 27.0. The Morgan fingerprint density at radius 3 is 2.00 bits per heavy atom. The third kappa shape index (κ3) is 4.69. The van der Waals surface area contributed by atoms with Crippen LogP contribution in [0, 0.1) is 13.8 Å². The molecular formula is C21H19N3O3S. The molecule has 0 aliphatic carbocycles.